The largest absolute Gasteiger partial charge is 0.394 e. The Labute approximate surface area is 363 Å². The maximum Gasteiger partial charge on any atom is 0.186 e. The second-order valence-corrected chi connectivity index (χ2v) is 21.0. The van der Waals surface area contributed by atoms with Gasteiger partial charge in [-0.15, -0.1) is 0 Å². The zero-order valence-electron chi connectivity index (χ0n) is 36.5. The number of rotatable bonds is 12. The van der Waals surface area contributed by atoms with E-state index in [1.54, 1.807) is 0 Å². The van der Waals surface area contributed by atoms with Gasteiger partial charge in [0.2, 0.25) is 0 Å². The van der Waals surface area contributed by atoms with E-state index < -0.39 is 105 Å². The van der Waals surface area contributed by atoms with Crippen LogP contribution in [-0.4, -0.2) is 187 Å². The summed E-state index contributed by atoms with van der Waals surface area (Å²) < 4.78 is 41.4. The molecule has 26 atom stereocenters. The minimum Gasteiger partial charge on any atom is -0.394 e. The molecule has 18 heteroatoms. The van der Waals surface area contributed by atoms with Crippen molar-refractivity contribution >= 4 is 0 Å². The highest BCUT2D eigenvalue weighted by Crippen LogP contribution is 2.71. The van der Waals surface area contributed by atoms with E-state index in [4.69, 9.17) is 33.2 Å². The first-order valence-electron chi connectivity index (χ1n) is 23.3. The maximum absolute atomic E-state index is 12.0. The van der Waals surface area contributed by atoms with Gasteiger partial charge in [0.05, 0.1) is 38.6 Å². The third kappa shape index (κ3) is 8.35. The molecule has 358 valence electrons. The summed E-state index contributed by atoms with van der Waals surface area (Å²) in [5.41, 5.74) is 0.124. The van der Waals surface area contributed by atoms with E-state index in [1.165, 1.54) is 0 Å². The molecule has 0 aromatic carbocycles. The van der Waals surface area contributed by atoms with Crippen LogP contribution in [0.3, 0.4) is 0 Å². The van der Waals surface area contributed by atoms with Gasteiger partial charge in [0.25, 0.3) is 0 Å². The average Bonchev–Trinajstić information content (AvgIpc) is 3.69. The van der Waals surface area contributed by atoms with Gasteiger partial charge in [0.15, 0.2) is 24.7 Å². The molecule has 0 spiro atoms. The first-order chi connectivity index (χ1) is 29.3. The molecule has 62 heavy (non-hydrogen) atoms. The molecule has 4 saturated carbocycles. The molecule has 8 aliphatic rings. The molecule has 4 aliphatic heterocycles. The number of aliphatic hydroxyl groups excluding tert-OH is 10. The van der Waals surface area contributed by atoms with E-state index in [0.29, 0.717) is 36.5 Å². The van der Waals surface area contributed by atoms with Gasteiger partial charge in [-0.1, -0.05) is 27.7 Å². The molecular formula is C44H74O18. The van der Waals surface area contributed by atoms with E-state index in [0.717, 1.165) is 51.4 Å². The van der Waals surface area contributed by atoms with Crippen molar-refractivity contribution in [1.82, 2.24) is 0 Å². The van der Waals surface area contributed by atoms with E-state index in [1.807, 2.05) is 6.92 Å². The summed E-state index contributed by atoms with van der Waals surface area (Å²) in [6, 6.07) is 0. The zero-order chi connectivity index (χ0) is 44.6. The molecule has 0 radical (unpaired) electrons. The minimum absolute atomic E-state index is 0.0272. The monoisotopic (exact) mass is 890 g/mol. The van der Waals surface area contributed by atoms with Gasteiger partial charge in [0.1, 0.15) is 67.1 Å². The summed E-state index contributed by atoms with van der Waals surface area (Å²) in [7, 11) is 0. The molecule has 0 aromatic rings. The lowest BCUT2D eigenvalue weighted by Gasteiger charge is -2.61. The quantitative estimate of drug-likeness (QED) is 0.103. The van der Waals surface area contributed by atoms with Crippen LogP contribution in [0, 0.1) is 52.3 Å². The maximum atomic E-state index is 12.0. The second-order valence-electron chi connectivity index (χ2n) is 21.0. The Hall–Kier alpha value is -0.720. The van der Waals surface area contributed by atoms with Crippen LogP contribution in [0.25, 0.3) is 0 Å². The van der Waals surface area contributed by atoms with Crippen molar-refractivity contribution in [3.63, 3.8) is 0 Å². The molecule has 11 N–H and O–H groups in total. The van der Waals surface area contributed by atoms with Crippen LogP contribution >= 0.6 is 0 Å². The molecule has 4 aliphatic carbocycles. The molecular weight excluding hydrogens is 816 g/mol. The number of aliphatic hydroxyl groups is 11. The predicted octanol–water partition coefficient (Wildman–Crippen LogP) is -1.14. The smallest absolute Gasteiger partial charge is 0.186 e. The Morgan fingerprint density at radius 2 is 1.37 bits per heavy atom. The lowest BCUT2D eigenvalue weighted by molar-refractivity contribution is -0.354. The molecule has 0 aromatic heterocycles. The Morgan fingerprint density at radius 3 is 2.10 bits per heavy atom. The normalized spacial score (nSPS) is 55.8. The van der Waals surface area contributed by atoms with Crippen LogP contribution in [0.5, 0.6) is 0 Å². The number of fused-ring (bicyclic) bond motifs is 7. The van der Waals surface area contributed by atoms with Gasteiger partial charge < -0.3 is 89.3 Å². The zero-order valence-corrected chi connectivity index (χ0v) is 36.5. The standard InChI is InChI=1S/C44H74O18/c1-19(17-56-39-36(53)33(50)32(49)28(15-45)59-39)7-12-44(55)20(2)30-27(62-44)14-25-23-6-5-21-13-22(8-10-42(21,3)24(23)9-11-43(25,30)4)58-41-37(54)34(51)38(29(16-46)60-41)61-40-35(52)31(48)26(47)18-57-40/h19-41,45-55H,5-18H2,1-4H3/t19-,20-,21+,22-,23+,24+,25+,26+,27-,28+,29+,30-,31-,32+,33-,34+,35+,36+,37+,38+,39+,40-,41+,42+,43-,44+/m1/s1. The predicted molar refractivity (Wildman–Crippen MR) is 213 cm³/mol. The fourth-order valence-corrected chi connectivity index (χ4v) is 13.9. The SMILES string of the molecule is C[C@H](CC[C@]1(O)O[C@@H]2C[C@H]3[C@H]4CC[C@H]5C[C@H](O[C@H]6O[C@@H](CO)[C@H](O[C@H]7OC[C@H](O)[C@@H](O)[C@@H]7O)[C@@H](O)[C@@H]6O)CC[C@]5(C)[C@H]4CC[C@@]3(C)[C@@H]2[C@H]1C)CO[C@H]1O[C@@H](CO)[C@H](O)[C@@H](O)[C@@H]1O. The first-order valence-corrected chi connectivity index (χ1v) is 23.3. The molecule has 18 nitrogen and oxygen atoms in total. The third-order valence-electron chi connectivity index (χ3n) is 17.6. The number of hydrogen-bond acceptors (Lipinski definition) is 18. The van der Waals surface area contributed by atoms with Crippen LogP contribution in [-0.2, 0) is 33.2 Å². The minimum atomic E-state index is -1.62. The summed E-state index contributed by atoms with van der Waals surface area (Å²) in [5.74, 6) is 0.766. The molecule has 8 fully saturated rings. The molecule has 4 heterocycles. The highest BCUT2D eigenvalue weighted by Gasteiger charge is 2.68. The van der Waals surface area contributed by atoms with Crippen molar-refractivity contribution in [3.8, 4) is 0 Å². The summed E-state index contributed by atoms with van der Waals surface area (Å²) in [5, 5.41) is 115. The molecule has 0 unspecified atom stereocenters. The van der Waals surface area contributed by atoms with Gasteiger partial charge in [-0.05, 0) is 104 Å². The van der Waals surface area contributed by atoms with Crippen molar-refractivity contribution in [2.75, 3.05) is 26.4 Å². The molecule has 4 saturated heterocycles. The van der Waals surface area contributed by atoms with Crippen molar-refractivity contribution in [3.05, 3.63) is 0 Å². The Balaban J connectivity index is 0.835. The van der Waals surface area contributed by atoms with Crippen molar-refractivity contribution in [2.45, 2.75) is 196 Å². The fraction of sp³-hybridized carbons (Fsp3) is 1.00. The molecule has 8 rings (SSSR count). The van der Waals surface area contributed by atoms with E-state index in [-0.39, 0.29) is 54.0 Å². The molecule has 0 amide bonds. The van der Waals surface area contributed by atoms with Crippen LogP contribution in [0.15, 0.2) is 0 Å². The van der Waals surface area contributed by atoms with Crippen molar-refractivity contribution in [2.24, 2.45) is 52.3 Å². The number of ether oxygens (including phenoxy) is 7. The van der Waals surface area contributed by atoms with Gasteiger partial charge in [-0.25, -0.2) is 0 Å². The number of hydrogen-bond donors (Lipinski definition) is 11. The summed E-state index contributed by atoms with van der Waals surface area (Å²) in [6.45, 7) is 7.74. The van der Waals surface area contributed by atoms with Crippen LogP contribution in [0.4, 0.5) is 0 Å². The Bertz CT molecular complexity index is 1510. The third-order valence-corrected chi connectivity index (χ3v) is 17.6. The summed E-state index contributed by atoms with van der Waals surface area (Å²) >= 11 is 0. The van der Waals surface area contributed by atoms with E-state index in [2.05, 4.69) is 20.8 Å². The van der Waals surface area contributed by atoms with Gasteiger partial charge in [0, 0.05) is 12.3 Å². The lowest BCUT2D eigenvalue weighted by atomic mass is 9.44. The highest BCUT2D eigenvalue weighted by molar-refractivity contribution is 5.15. The van der Waals surface area contributed by atoms with Gasteiger partial charge in [-0.3, -0.25) is 0 Å². The molecule has 0 bridgehead atoms. The fourth-order valence-electron chi connectivity index (χ4n) is 13.9. The highest BCUT2D eigenvalue weighted by atomic mass is 16.7. The first kappa shape index (κ1) is 47.8. The van der Waals surface area contributed by atoms with Gasteiger partial charge >= 0.3 is 0 Å². The Kier molecular flexibility index (Phi) is 14.2. The van der Waals surface area contributed by atoms with Gasteiger partial charge in [-0.2, -0.15) is 0 Å². The lowest BCUT2D eigenvalue weighted by Crippen LogP contribution is -2.63. The van der Waals surface area contributed by atoms with Crippen LogP contribution < -0.4 is 0 Å². The average molecular weight is 891 g/mol. The van der Waals surface area contributed by atoms with E-state index >= 15 is 0 Å². The summed E-state index contributed by atoms with van der Waals surface area (Å²) in [4.78, 5) is 0. The topological polar surface area (TPSA) is 287 Å². The second kappa shape index (κ2) is 18.4. The van der Waals surface area contributed by atoms with Crippen LogP contribution in [0.1, 0.15) is 91.9 Å². The van der Waals surface area contributed by atoms with E-state index in [9.17, 15) is 56.2 Å². The van der Waals surface area contributed by atoms with Crippen molar-refractivity contribution < 1.29 is 89.3 Å². The van der Waals surface area contributed by atoms with Crippen molar-refractivity contribution in [1.29, 1.82) is 0 Å². The summed E-state index contributed by atoms with van der Waals surface area (Å²) in [6.07, 6.45) is -10.9. The Morgan fingerprint density at radius 1 is 0.694 bits per heavy atom. The van der Waals surface area contributed by atoms with Crippen LogP contribution in [0.2, 0.25) is 0 Å².